The van der Waals surface area contributed by atoms with E-state index in [1.54, 1.807) is 42.5 Å². The molecule has 1 heterocycles. The number of ether oxygens (including phenoxy) is 2. The zero-order chi connectivity index (χ0) is 29.0. The fourth-order valence-electron chi connectivity index (χ4n) is 5.10. The normalized spacial score (nSPS) is 21.3. The van der Waals surface area contributed by atoms with E-state index >= 15 is 0 Å². The zero-order valence-electron chi connectivity index (χ0n) is 22.1. The van der Waals surface area contributed by atoms with Crippen molar-refractivity contribution in [3.05, 3.63) is 80.9 Å². The van der Waals surface area contributed by atoms with Crippen molar-refractivity contribution < 1.29 is 34.4 Å². The predicted octanol–water partition coefficient (Wildman–Crippen LogP) is 3.11. The summed E-state index contributed by atoms with van der Waals surface area (Å²) in [6.07, 6.45) is 3.11. The van der Waals surface area contributed by atoms with Gasteiger partial charge in [-0.2, -0.15) is 0 Å². The van der Waals surface area contributed by atoms with Crippen LogP contribution in [0.1, 0.15) is 36.0 Å². The van der Waals surface area contributed by atoms with E-state index in [0.29, 0.717) is 44.7 Å². The number of nitrogens with one attached hydrogen (secondary N) is 1. The molecule has 11 heteroatoms. The number of allylic oxidation sites excluding steroid dienone is 1. The highest BCUT2D eigenvalue weighted by molar-refractivity contribution is 6.35. The van der Waals surface area contributed by atoms with Crippen molar-refractivity contribution in [2.75, 3.05) is 20.3 Å². The van der Waals surface area contributed by atoms with Gasteiger partial charge in [0, 0.05) is 34.3 Å². The van der Waals surface area contributed by atoms with Crippen molar-refractivity contribution in [3.8, 4) is 11.5 Å². The van der Waals surface area contributed by atoms with Crippen LogP contribution in [0.3, 0.4) is 0 Å². The molecule has 4 unspecified atom stereocenters. The van der Waals surface area contributed by atoms with Crippen molar-refractivity contribution >= 4 is 35.0 Å². The quantitative estimate of drug-likeness (QED) is 0.313. The highest BCUT2D eigenvalue weighted by atomic mass is 35.5. The van der Waals surface area contributed by atoms with Crippen LogP contribution in [0.4, 0.5) is 0 Å². The first-order chi connectivity index (χ1) is 19.2. The number of nitrogens with zero attached hydrogens (tertiary/aromatic N) is 1. The lowest BCUT2D eigenvalue weighted by Crippen LogP contribution is -2.55. The summed E-state index contributed by atoms with van der Waals surface area (Å²) in [5.74, 6) is -0.895. The molecule has 0 aromatic heterocycles. The second-order valence-corrected chi connectivity index (χ2v) is 10.4. The third-order valence-corrected chi connectivity index (χ3v) is 7.58. The standard InChI is InChI=1S/C29H32Cl2N2O7/c1-3-4-5-24(36)33(14-17-6-7-18(30)12-21(17)31)22-13-20(29(38)32-8-9-34)25-19-10-16(15-35)11-23(39-2)27(19)40-28(25)26(22)37/h4-7,10-13,22,25-26,28,34-35,37H,3,8-9,14-15H2,1-2H3,(H,32,38). The van der Waals surface area contributed by atoms with E-state index in [-0.39, 0.29) is 31.9 Å². The first-order valence-electron chi connectivity index (χ1n) is 12.9. The summed E-state index contributed by atoms with van der Waals surface area (Å²) in [5, 5.41) is 34.3. The second-order valence-electron chi connectivity index (χ2n) is 9.53. The number of benzene rings is 2. The molecule has 40 heavy (non-hydrogen) atoms. The molecule has 2 aromatic rings. The van der Waals surface area contributed by atoms with Gasteiger partial charge in [-0.1, -0.05) is 42.3 Å². The number of fused-ring (bicyclic) bond motifs is 3. The van der Waals surface area contributed by atoms with Crippen molar-refractivity contribution in [1.29, 1.82) is 0 Å². The van der Waals surface area contributed by atoms with Gasteiger partial charge in [-0.3, -0.25) is 9.59 Å². The lowest BCUT2D eigenvalue weighted by Gasteiger charge is -2.40. The average molecular weight is 591 g/mol. The number of aliphatic hydroxyl groups excluding tert-OH is 3. The van der Waals surface area contributed by atoms with Crippen molar-refractivity contribution in [2.24, 2.45) is 0 Å². The maximum Gasteiger partial charge on any atom is 0.247 e. The highest BCUT2D eigenvalue weighted by Gasteiger charge is 2.51. The Bertz CT molecular complexity index is 1330. The Morgan fingerprint density at radius 3 is 2.62 bits per heavy atom. The number of amides is 2. The first kappa shape index (κ1) is 29.9. The molecule has 1 aliphatic heterocycles. The van der Waals surface area contributed by atoms with E-state index in [1.807, 2.05) is 6.92 Å². The van der Waals surface area contributed by atoms with Crippen LogP contribution >= 0.6 is 23.2 Å². The maximum atomic E-state index is 13.5. The smallest absolute Gasteiger partial charge is 0.247 e. The summed E-state index contributed by atoms with van der Waals surface area (Å²) in [4.78, 5) is 28.3. The Kier molecular flexibility index (Phi) is 9.76. The van der Waals surface area contributed by atoms with Crippen LogP contribution in [0.25, 0.3) is 0 Å². The van der Waals surface area contributed by atoms with Gasteiger partial charge in [-0.25, -0.2) is 0 Å². The molecule has 1 aliphatic carbocycles. The van der Waals surface area contributed by atoms with Gasteiger partial charge in [0.1, 0.15) is 12.2 Å². The van der Waals surface area contributed by atoms with Crippen LogP contribution in [0.2, 0.25) is 10.0 Å². The van der Waals surface area contributed by atoms with Crippen LogP contribution in [0.5, 0.6) is 11.5 Å². The van der Waals surface area contributed by atoms with Gasteiger partial charge in [0.2, 0.25) is 11.8 Å². The third-order valence-electron chi connectivity index (χ3n) is 6.99. The fraction of sp³-hybridized carbons (Fsp3) is 0.379. The molecule has 0 spiro atoms. The number of carbonyl (C=O) groups excluding carboxylic acids is 2. The molecule has 0 bridgehead atoms. The van der Waals surface area contributed by atoms with Gasteiger partial charge in [0.15, 0.2) is 11.5 Å². The molecule has 2 aromatic carbocycles. The van der Waals surface area contributed by atoms with Crippen molar-refractivity contribution in [3.63, 3.8) is 0 Å². The number of carbonyl (C=O) groups is 2. The van der Waals surface area contributed by atoms with Crippen LogP contribution < -0.4 is 14.8 Å². The maximum absolute atomic E-state index is 13.5. The van der Waals surface area contributed by atoms with E-state index in [1.165, 1.54) is 18.1 Å². The average Bonchev–Trinajstić information content (AvgIpc) is 3.34. The molecule has 214 valence electrons. The summed E-state index contributed by atoms with van der Waals surface area (Å²) in [6, 6.07) is 7.29. The molecule has 0 radical (unpaired) electrons. The monoisotopic (exact) mass is 590 g/mol. The molecule has 2 aliphatic rings. The van der Waals surface area contributed by atoms with E-state index in [4.69, 9.17) is 32.7 Å². The molecule has 2 amide bonds. The Labute approximate surface area is 242 Å². The van der Waals surface area contributed by atoms with Crippen molar-refractivity contribution in [1.82, 2.24) is 10.2 Å². The highest BCUT2D eigenvalue weighted by Crippen LogP contribution is 2.51. The van der Waals surface area contributed by atoms with Gasteiger partial charge in [0.25, 0.3) is 0 Å². The topological polar surface area (TPSA) is 129 Å². The summed E-state index contributed by atoms with van der Waals surface area (Å²) in [6.45, 7) is 1.39. The van der Waals surface area contributed by atoms with Crippen LogP contribution in [-0.2, 0) is 22.7 Å². The van der Waals surface area contributed by atoms with Crippen LogP contribution in [0, 0.1) is 0 Å². The molecule has 0 saturated heterocycles. The molecular weight excluding hydrogens is 559 g/mol. The SMILES string of the molecule is CCC=CC(=O)N(Cc1ccc(Cl)cc1Cl)C1C=C(C(=O)NCCO)C2c3cc(CO)cc(OC)c3OC2C1O. The second kappa shape index (κ2) is 13.1. The van der Waals surface area contributed by atoms with Crippen molar-refractivity contribution in [2.45, 2.75) is 50.7 Å². The number of aliphatic hydroxyl groups is 3. The van der Waals surface area contributed by atoms with E-state index in [2.05, 4.69) is 5.32 Å². The minimum atomic E-state index is -1.25. The molecular formula is C29H32Cl2N2O7. The number of hydrogen-bond acceptors (Lipinski definition) is 7. The lowest BCUT2D eigenvalue weighted by molar-refractivity contribution is -0.133. The molecule has 9 nitrogen and oxygen atoms in total. The first-order valence-corrected chi connectivity index (χ1v) is 13.7. The number of methoxy groups -OCH3 is 1. The van der Waals surface area contributed by atoms with Gasteiger partial charge < -0.3 is 35.0 Å². The van der Waals surface area contributed by atoms with Gasteiger partial charge >= 0.3 is 0 Å². The van der Waals surface area contributed by atoms with Crippen LogP contribution in [-0.4, -0.2) is 70.5 Å². The summed E-state index contributed by atoms with van der Waals surface area (Å²) in [7, 11) is 1.46. The summed E-state index contributed by atoms with van der Waals surface area (Å²) >= 11 is 12.5. The molecule has 0 saturated carbocycles. The number of halogens is 2. The Morgan fingerprint density at radius 1 is 1.20 bits per heavy atom. The minimum absolute atomic E-state index is 0.0107. The van der Waals surface area contributed by atoms with E-state index in [0.717, 1.165) is 0 Å². The van der Waals surface area contributed by atoms with Gasteiger partial charge in [-0.15, -0.1) is 0 Å². The Hall–Kier alpha value is -3.08. The van der Waals surface area contributed by atoms with Gasteiger partial charge in [-0.05, 0) is 54.0 Å². The molecule has 0 fully saturated rings. The fourth-order valence-corrected chi connectivity index (χ4v) is 5.57. The number of rotatable bonds is 10. The Balaban J connectivity index is 1.84. The van der Waals surface area contributed by atoms with Crippen LogP contribution in [0.15, 0.2) is 54.1 Å². The molecule has 4 N–H and O–H groups in total. The predicted molar refractivity (Wildman–Crippen MR) is 150 cm³/mol. The Morgan fingerprint density at radius 2 is 1.98 bits per heavy atom. The lowest BCUT2D eigenvalue weighted by atomic mass is 9.77. The zero-order valence-corrected chi connectivity index (χ0v) is 23.7. The molecule has 4 rings (SSSR count). The largest absolute Gasteiger partial charge is 0.493 e. The van der Waals surface area contributed by atoms with Gasteiger partial charge in [0.05, 0.1) is 32.3 Å². The van der Waals surface area contributed by atoms with E-state index in [9.17, 15) is 24.9 Å². The minimum Gasteiger partial charge on any atom is -0.493 e. The summed E-state index contributed by atoms with van der Waals surface area (Å²) < 4.78 is 11.7. The third kappa shape index (κ3) is 5.99. The summed E-state index contributed by atoms with van der Waals surface area (Å²) in [5.41, 5.74) is 1.97. The molecule has 4 atom stereocenters. The number of hydrogen-bond donors (Lipinski definition) is 4. The van der Waals surface area contributed by atoms with E-state index < -0.39 is 36.0 Å².